The lowest BCUT2D eigenvalue weighted by Crippen LogP contribution is -2.35. The summed E-state index contributed by atoms with van der Waals surface area (Å²) in [6, 6.07) is 7.73. The molecule has 0 fully saturated rings. The van der Waals surface area contributed by atoms with Crippen molar-refractivity contribution >= 4 is 22.8 Å². The Bertz CT molecular complexity index is 847. The number of carbonyl (C=O) groups excluding carboxylic acids is 2. The van der Waals surface area contributed by atoms with Gasteiger partial charge in [0.2, 0.25) is 0 Å². The normalized spacial score (nSPS) is 17.2. The van der Waals surface area contributed by atoms with Crippen molar-refractivity contribution in [2.75, 3.05) is 6.61 Å². The first-order chi connectivity index (χ1) is 13.0. The van der Waals surface area contributed by atoms with Crippen molar-refractivity contribution in [3.05, 3.63) is 41.1 Å². The Morgan fingerprint density at radius 2 is 2.11 bits per heavy atom. The van der Waals surface area contributed by atoms with E-state index in [1.807, 2.05) is 31.2 Å². The molecule has 3 rings (SSSR count). The summed E-state index contributed by atoms with van der Waals surface area (Å²) in [5.74, 6) is -0.188. The molecule has 144 valence electrons. The van der Waals surface area contributed by atoms with Crippen molar-refractivity contribution in [2.45, 2.75) is 58.9 Å². The van der Waals surface area contributed by atoms with Crippen molar-refractivity contribution in [1.29, 1.82) is 0 Å². The number of esters is 1. The molecule has 2 aromatic rings. The van der Waals surface area contributed by atoms with Crippen LogP contribution in [0.5, 0.6) is 0 Å². The standard InChI is InChI=1S/C22H28N2O3/c1-4-7-15(3)23-20(25)13-27-22(26)21-16-8-5-6-9-18(16)24-19-11-10-14(2)12-17(19)21/h5-6,8-9,14-15H,4,7,10-13H2,1-3H3,(H,23,25)/t14-,15+/m0/s1. The molecule has 1 amide bonds. The third kappa shape index (κ3) is 4.46. The monoisotopic (exact) mass is 368 g/mol. The maximum atomic E-state index is 12.9. The summed E-state index contributed by atoms with van der Waals surface area (Å²) in [7, 11) is 0. The molecule has 0 bridgehead atoms. The van der Waals surface area contributed by atoms with Gasteiger partial charge in [-0.05, 0) is 50.2 Å². The number of ether oxygens (including phenoxy) is 1. The van der Waals surface area contributed by atoms with Crippen LogP contribution in [0.25, 0.3) is 10.9 Å². The quantitative estimate of drug-likeness (QED) is 0.787. The number of fused-ring (bicyclic) bond motifs is 2. The van der Waals surface area contributed by atoms with Crippen LogP contribution in [0, 0.1) is 5.92 Å². The van der Waals surface area contributed by atoms with E-state index in [0.29, 0.717) is 11.5 Å². The van der Waals surface area contributed by atoms with Crippen LogP contribution in [0.1, 0.15) is 61.6 Å². The summed E-state index contributed by atoms with van der Waals surface area (Å²) in [6.45, 7) is 5.96. The molecule has 1 heterocycles. The smallest absolute Gasteiger partial charge is 0.339 e. The van der Waals surface area contributed by atoms with Gasteiger partial charge < -0.3 is 10.1 Å². The fourth-order valence-corrected chi connectivity index (χ4v) is 3.82. The minimum atomic E-state index is -0.433. The van der Waals surface area contributed by atoms with E-state index in [2.05, 4.69) is 19.2 Å². The number of hydrogen-bond acceptors (Lipinski definition) is 4. The highest BCUT2D eigenvalue weighted by Gasteiger charge is 2.26. The Balaban J connectivity index is 1.83. The Morgan fingerprint density at radius 1 is 1.33 bits per heavy atom. The van der Waals surface area contributed by atoms with Crippen LogP contribution in [0.2, 0.25) is 0 Å². The maximum Gasteiger partial charge on any atom is 0.339 e. The summed E-state index contributed by atoms with van der Waals surface area (Å²) in [4.78, 5) is 29.8. The molecular formula is C22H28N2O3. The van der Waals surface area contributed by atoms with Gasteiger partial charge in [-0.15, -0.1) is 0 Å². The molecule has 0 aliphatic heterocycles. The van der Waals surface area contributed by atoms with Gasteiger partial charge >= 0.3 is 5.97 Å². The molecule has 1 aromatic heterocycles. The second-order valence-corrected chi connectivity index (χ2v) is 7.61. The number of pyridine rings is 1. The Labute approximate surface area is 160 Å². The van der Waals surface area contributed by atoms with E-state index in [1.54, 1.807) is 0 Å². The summed E-state index contributed by atoms with van der Waals surface area (Å²) in [5.41, 5.74) is 3.35. The number of rotatable bonds is 6. The Hall–Kier alpha value is -2.43. The van der Waals surface area contributed by atoms with E-state index >= 15 is 0 Å². The van der Waals surface area contributed by atoms with E-state index in [-0.39, 0.29) is 18.6 Å². The number of amides is 1. The zero-order chi connectivity index (χ0) is 19.4. The molecule has 1 aromatic carbocycles. The van der Waals surface area contributed by atoms with Gasteiger partial charge in [-0.1, -0.05) is 38.5 Å². The number of carbonyl (C=O) groups is 2. The third-order valence-electron chi connectivity index (χ3n) is 5.17. The summed E-state index contributed by atoms with van der Waals surface area (Å²) >= 11 is 0. The lowest BCUT2D eigenvalue weighted by atomic mass is 9.84. The highest BCUT2D eigenvalue weighted by Crippen LogP contribution is 2.31. The Kier molecular flexibility index (Phi) is 6.09. The first-order valence-corrected chi connectivity index (χ1v) is 9.86. The molecule has 0 unspecified atom stereocenters. The van der Waals surface area contributed by atoms with Crippen LogP contribution in [0.4, 0.5) is 0 Å². The molecule has 0 saturated carbocycles. The van der Waals surface area contributed by atoms with E-state index in [9.17, 15) is 9.59 Å². The van der Waals surface area contributed by atoms with Gasteiger partial charge in [-0.2, -0.15) is 0 Å². The zero-order valence-corrected chi connectivity index (χ0v) is 16.4. The number of aromatic nitrogens is 1. The topological polar surface area (TPSA) is 68.3 Å². The predicted octanol–water partition coefficient (Wildman–Crippen LogP) is 3.82. The third-order valence-corrected chi connectivity index (χ3v) is 5.17. The van der Waals surface area contributed by atoms with E-state index in [1.165, 1.54) is 0 Å². The molecule has 5 heteroatoms. The maximum absolute atomic E-state index is 12.9. The number of aryl methyl sites for hydroxylation is 1. The lowest BCUT2D eigenvalue weighted by Gasteiger charge is -2.24. The first kappa shape index (κ1) is 19.3. The second-order valence-electron chi connectivity index (χ2n) is 7.61. The first-order valence-electron chi connectivity index (χ1n) is 9.86. The van der Waals surface area contributed by atoms with Gasteiger partial charge in [-0.3, -0.25) is 9.78 Å². The fourth-order valence-electron chi connectivity index (χ4n) is 3.82. The van der Waals surface area contributed by atoms with Crippen molar-refractivity contribution in [3.8, 4) is 0 Å². The minimum absolute atomic E-state index is 0.0802. The van der Waals surface area contributed by atoms with Crippen molar-refractivity contribution < 1.29 is 14.3 Å². The Morgan fingerprint density at radius 3 is 2.89 bits per heavy atom. The number of nitrogens with one attached hydrogen (secondary N) is 1. The molecule has 0 spiro atoms. The van der Waals surface area contributed by atoms with Crippen LogP contribution in [-0.2, 0) is 22.4 Å². The summed E-state index contributed by atoms with van der Waals surface area (Å²) in [5, 5.41) is 3.67. The van der Waals surface area contributed by atoms with E-state index < -0.39 is 5.97 Å². The average Bonchev–Trinajstić information content (AvgIpc) is 2.64. The number of nitrogens with zero attached hydrogens (tertiary/aromatic N) is 1. The molecular weight excluding hydrogens is 340 g/mol. The van der Waals surface area contributed by atoms with Crippen molar-refractivity contribution in [2.24, 2.45) is 5.92 Å². The van der Waals surface area contributed by atoms with Gasteiger partial charge in [0.1, 0.15) is 0 Å². The van der Waals surface area contributed by atoms with Crippen LogP contribution < -0.4 is 5.32 Å². The van der Waals surface area contributed by atoms with Crippen LogP contribution in [0.3, 0.4) is 0 Å². The summed E-state index contributed by atoms with van der Waals surface area (Å²) in [6.07, 6.45) is 4.66. The van der Waals surface area contributed by atoms with Crippen LogP contribution >= 0.6 is 0 Å². The molecule has 0 radical (unpaired) electrons. The SMILES string of the molecule is CCC[C@@H](C)NC(=O)COC(=O)c1c2c(nc3ccccc13)CC[C@H](C)C2. The van der Waals surface area contributed by atoms with Crippen molar-refractivity contribution in [3.63, 3.8) is 0 Å². The van der Waals surface area contributed by atoms with Gasteiger partial charge in [0, 0.05) is 17.1 Å². The largest absolute Gasteiger partial charge is 0.452 e. The predicted molar refractivity (Wildman–Crippen MR) is 106 cm³/mol. The highest BCUT2D eigenvalue weighted by molar-refractivity contribution is 6.05. The van der Waals surface area contributed by atoms with Crippen molar-refractivity contribution in [1.82, 2.24) is 10.3 Å². The van der Waals surface area contributed by atoms with Gasteiger partial charge in [0.05, 0.1) is 11.1 Å². The molecule has 1 aliphatic carbocycles. The molecule has 5 nitrogen and oxygen atoms in total. The number of para-hydroxylation sites is 1. The van der Waals surface area contributed by atoms with E-state index in [0.717, 1.165) is 54.3 Å². The number of benzene rings is 1. The second kappa shape index (κ2) is 8.51. The minimum Gasteiger partial charge on any atom is -0.452 e. The molecule has 27 heavy (non-hydrogen) atoms. The van der Waals surface area contributed by atoms with Crippen LogP contribution in [0.15, 0.2) is 24.3 Å². The fraction of sp³-hybridized carbons (Fsp3) is 0.500. The van der Waals surface area contributed by atoms with Gasteiger partial charge in [-0.25, -0.2) is 4.79 Å². The van der Waals surface area contributed by atoms with Crippen LogP contribution in [-0.4, -0.2) is 29.5 Å². The highest BCUT2D eigenvalue weighted by atomic mass is 16.5. The van der Waals surface area contributed by atoms with E-state index in [4.69, 9.17) is 9.72 Å². The number of hydrogen-bond donors (Lipinski definition) is 1. The molecule has 1 aliphatic rings. The molecule has 2 atom stereocenters. The zero-order valence-electron chi connectivity index (χ0n) is 16.4. The lowest BCUT2D eigenvalue weighted by molar-refractivity contribution is -0.124. The molecule has 0 saturated heterocycles. The van der Waals surface area contributed by atoms with Gasteiger partial charge in [0.15, 0.2) is 6.61 Å². The average molecular weight is 368 g/mol. The summed E-state index contributed by atoms with van der Waals surface area (Å²) < 4.78 is 5.40. The van der Waals surface area contributed by atoms with Gasteiger partial charge in [0.25, 0.3) is 5.91 Å². The molecule has 1 N–H and O–H groups in total.